The van der Waals surface area contributed by atoms with Crippen molar-refractivity contribution in [2.45, 2.75) is 24.9 Å². The van der Waals surface area contributed by atoms with Crippen molar-refractivity contribution >= 4 is 23.4 Å². The van der Waals surface area contributed by atoms with Crippen LogP contribution < -0.4 is 14.8 Å². The summed E-state index contributed by atoms with van der Waals surface area (Å²) in [7, 11) is 0. The van der Waals surface area contributed by atoms with Gasteiger partial charge in [0.2, 0.25) is 5.91 Å². The first kappa shape index (κ1) is 19.3. The monoisotopic (exact) mass is 410 g/mol. The Morgan fingerprint density at radius 2 is 1.90 bits per heavy atom. The lowest BCUT2D eigenvalue weighted by Crippen LogP contribution is -2.17. The number of nitrogens with zero attached hydrogens (tertiary/aromatic N) is 3. The van der Waals surface area contributed by atoms with Gasteiger partial charge in [-0.25, -0.2) is 0 Å². The summed E-state index contributed by atoms with van der Waals surface area (Å²) in [6, 6.07) is 13.7. The molecule has 3 aromatic rings. The Balaban J connectivity index is 1.38. The fraction of sp³-hybridized carbons (Fsp3) is 0.286. The number of carbonyl (C=O) groups is 1. The van der Waals surface area contributed by atoms with Crippen LogP contribution in [0.5, 0.6) is 11.5 Å². The summed E-state index contributed by atoms with van der Waals surface area (Å²) < 4.78 is 12.9. The second kappa shape index (κ2) is 8.57. The zero-order chi connectivity index (χ0) is 20.2. The first-order valence-electron chi connectivity index (χ1n) is 9.43. The number of thioether (sulfide) groups is 1. The second-order valence-corrected chi connectivity index (χ2v) is 7.87. The third-order valence-corrected chi connectivity index (χ3v) is 5.46. The average molecular weight is 410 g/mol. The fourth-order valence-corrected chi connectivity index (χ4v) is 3.70. The van der Waals surface area contributed by atoms with Crippen LogP contribution in [0.25, 0.3) is 5.69 Å². The molecule has 0 spiro atoms. The number of ether oxygens (including phenoxy) is 2. The molecule has 150 valence electrons. The van der Waals surface area contributed by atoms with Crippen LogP contribution in [0.2, 0.25) is 0 Å². The number of fused-ring (bicyclic) bond motifs is 1. The molecule has 0 saturated heterocycles. The normalized spacial score (nSPS) is 12.8. The number of hydrogen-bond donors (Lipinski definition) is 1. The number of aromatic nitrogens is 3. The number of hydrogen-bond acceptors (Lipinski definition) is 6. The highest BCUT2D eigenvalue weighted by atomic mass is 32.2. The Labute approximate surface area is 173 Å². The summed E-state index contributed by atoms with van der Waals surface area (Å²) >= 11 is 1.34. The highest BCUT2D eigenvalue weighted by molar-refractivity contribution is 7.99. The number of nitrogens with one attached hydrogen (secondary N) is 1. The summed E-state index contributed by atoms with van der Waals surface area (Å²) in [5.74, 6) is 1.91. The summed E-state index contributed by atoms with van der Waals surface area (Å²) in [4.78, 5) is 12.4. The van der Waals surface area contributed by atoms with E-state index in [1.807, 2.05) is 16.7 Å². The van der Waals surface area contributed by atoms with Gasteiger partial charge >= 0.3 is 0 Å². The molecule has 8 heteroatoms. The Kier molecular flexibility index (Phi) is 5.71. The van der Waals surface area contributed by atoms with Crippen LogP contribution in [0.15, 0.2) is 53.9 Å². The molecule has 2 heterocycles. The number of carbonyl (C=O) groups excluding carboxylic acids is 1. The minimum absolute atomic E-state index is 0.128. The molecule has 1 amide bonds. The standard InChI is InChI=1S/C21H22N4O3S/c1-14(2)15-3-6-17(7-4-15)25-13-22-24-21(25)29-12-20(26)23-16-5-8-18-19(11-16)28-10-9-27-18/h3-8,11,13-14H,9-10,12H2,1-2H3,(H,23,26). The van der Waals surface area contributed by atoms with Gasteiger partial charge < -0.3 is 14.8 Å². The molecule has 0 aliphatic carbocycles. The lowest BCUT2D eigenvalue weighted by Gasteiger charge is -2.19. The van der Waals surface area contributed by atoms with Crippen molar-refractivity contribution in [3.05, 3.63) is 54.4 Å². The highest BCUT2D eigenvalue weighted by Gasteiger charge is 2.14. The largest absolute Gasteiger partial charge is 0.486 e. The topological polar surface area (TPSA) is 78.3 Å². The van der Waals surface area contributed by atoms with Crippen molar-refractivity contribution in [3.8, 4) is 17.2 Å². The van der Waals surface area contributed by atoms with E-state index in [0.29, 0.717) is 41.5 Å². The van der Waals surface area contributed by atoms with Crippen LogP contribution in [-0.2, 0) is 4.79 Å². The van der Waals surface area contributed by atoms with E-state index in [2.05, 4.69) is 41.5 Å². The van der Waals surface area contributed by atoms with Gasteiger partial charge in [0.25, 0.3) is 0 Å². The molecule has 0 atom stereocenters. The van der Waals surface area contributed by atoms with Crippen LogP contribution in [-0.4, -0.2) is 39.6 Å². The predicted molar refractivity (Wildman–Crippen MR) is 112 cm³/mol. The van der Waals surface area contributed by atoms with Gasteiger partial charge in [0.15, 0.2) is 16.7 Å². The Morgan fingerprint density at radius 1 is 1.14 bits per heavy atom. The fourth-order valence-electron chi connectivity index (χ4n) is 2.97. The van der Waals surface area contributed by atoms with Gasteiger partial charge in [0, 0.05) is 17.4 Å². The molecule has 29 heavy (non-hydrogen) atoms. The Hall–Kier alpha value is -3.00. The number of rotatable bonds is 6. The van der Waals surface area contributed by atoms with Gasteiger partial charge in [0.1, 0.15) is 19.5 Å². The molecule has 0 bridgehead atoms. The van der Waals surface area contributed by atoms with Crippen LogP contribution in [0.4, 0.5) is 5.69 Å². The van der Waals surface area contributed by atoms with Gasteiger partial charge in [-0.3, -0.25) is 9.36 Å². The van der Waals surface area contributed by atoms with Crippen molar-refractivity contribution in [1.29, 1.82) is 0 Å². The lowest BCUT2D eigenvalue weighted by atomic mass is 10.0. The van der Waals surface area contributed by atoms with Crippen molar-refractivity contribution in [1.82, 2.24) is 14.8 Å². The van der Waals surface area contributed by atoms with E-state index >= 15 is 0 Å². The van der Waals surface area contributed by atoms with E-state index in [4.69, 9.17) is 9.47 Å². The molecule has 0 fully saturated rings. The molecule has 0 saturated carbocycles. The Bertz CT molecular complexity index is 1000. The minimum Gasteiger partial charge on any atom is -0.486 e. The van der Waals surface area contributed by atoms with E-state index in [1.54, 1.807) is 24.5 Å². The minimum atomic E-state index is -0.128. The third kappa shape index (κ3) is 4.54. The van der Waals surface area contributed by atoms with E-state index in [9.17, 15) is 4.79 Å². The maximum Gasteiger partial charge on any atom is 0.234 e. The molecule has 7 nitrogen and oxygen atoms in total. The van der Waals surface area contributed by atoms with Crippen molar-refractivity contribution in [2.75, 3.05) is 24.3 Å². The molecule has 1 aromatic heterocycles. The molecule has 2 aromatic carbocycles. The first-order valence-corrected chi connectivity index (χ1v) is 10.4. The van der Waals surface area contributed by atoms with Crippen molar-refractivity contribution in [3.63, 3.8) is 0 Å². The smallest absolute Gasteiger partial charge is 0.234 e. The highest BCUT2D eigenvalue weighted by Crippen LogP contribution is 2.32. The Morgan fingerprint density at radius 3 is 2.66 bits per heavy atom. The molecule has 1 aliphatic rings. The zero-order valence-electron chi connectivity index (χ0n) is 16.3. The quantitative estimate of drug-likeness (QED) is 0.621. The average Bonchev–Trinajstić information content (AvgIpc) is 3.21. The summed E-state index contributed by atoms with van der Waals surface area (Å²) in [6.45, 7) is 5.37. The van der Waals surface area contributed by atoms with Crippen LogP contribution >= 0.6 is 11.8 Å². The van der Waals surface area contributed by atoms with Crippen LogP contribution in [0.3, 0.4) is 0 Å². The molecule has 1 N–H and O–H groups in total. The maximum absolute atomic E-state index is 12.4. The molecular formula is C21H22N4O3S. The van der Waals surface area contributed by atoms with E-state index < -0.39 is 0 Å². The first-order chi connectivity index (χ1) is 14.1. The second-order valence-electron chi connectivity index (χ2n) is 6.93. The lowest BCUT2D eigenvalue weighted by molar-refractivity contribution is -0.113. The molecule has 0 unspecified atom stereocenters. The van der Waals surface area contributed by atoms with Crippen molar-refractivity contribution in [2.24, 2.45) is 0 Å². The third-order valence-electron chi connectivity index (χ3n) is 4.51. The summed E-state index contributed by atoms with van der Waals surface area (Å²) in [5, 5.41) is 11.7. The van der Waals surface area contributed by atoms with E-state index in [1.165, 1.54) is 17.3 Å². The number of amides is 1. The molecule has 0 radical (unpaired) electrons. The van der Waals surface area contributed by atoms with Gasteiger partial charge in [-0.05, 0) is 35.7 Å². The van der Waals surface area contributed by atoms with E-state index in [0.717, 1.165) is 5.69 Å². The maximum atomic E-state index is 12.4. The molecule has 4 rings (SSSR count). The summed E-state index contributed by atoms with van der Waals surface area (Å²) in [6.07, 6.45) is 1.66. The van der Waals surface area contributed by atoms with Gasteiger partial charge in [-0.1, -0.05) is 37.7 Å². The van der Waals surface area contributed by atoms with Crippen LogP contribution in [0.1, 0.15) is 25.3 Å². The van der Waals surface area contributed by atoms with Gasteiger partial charge in [0.05, 0.1) is 5.75 Å². The molecule has 1 aliphatic heterocycles. The van der Waals surface area contributed by atoms with Gasteiger partial charge in [-0.15, -0.1) is 10.2 Å². The zero-order valence-corrected chi connectivity index (χ0v) is 17.1. The van der Waals surface area contributed by atoms with Crippen molar-refractivity contribution < 1.29 is 14.3 Å². The predicted octanol–water partition coefficient (Wildman–Crippen LogP) is 3.89. The number of anilines is 1. The van der Waals surface area contributed by atoms with E-state index in [-0.39, 0.29) is 11.7 Å². The molecular weight excluding hydrogens is 388 g/mol. The summed E-state index contributed by atoms with van der Waals surface area (Å²) in [5.41, 5.74) is 2.91. The van der Waals surface area contributed by atoms with Crippen LogP contribution in [0, 0.1) is 0 Å². The number of benzene rings is 2. The SMILES string of the molecule is CC(C)c1ccc(-n2cnnc2SCC(=O)Nc2ccc3c(c2)OCCO3)cc1. The van der Waals surface area contributed by atoms with Gasteiger partial charge in [-0.2, -0.15) is 0 Å².